The lowest BCUT2D eigenvalue weighted by atomic mass is 10.1. The summed E-state index contributed by atoms with van der Waals surface area (Å²) in [6, 6.07) is 8.81. The molecule has 0 bridgehead atoms. The van der Waals surface area contributed by atoms with E-state index in [2.05, 4.69) is 10.6 Å². The Hall–Kier alpha value is -1.88. The highest BCUT2D eigenvalue weighted by atomic mass is 16.4. The lowest BCUT2D eigenvalue weighted by Crippen LogP contribution is -2.42. The minimum absolute atomic E-state index is 0.219. The number of hydrogen-bond donors (Lipinski definition) is 3. The van der Waals surface area contributed by atoms with E-state index in [0.29, 0.717) is 25.3 Å². The number of carboxylic acid groups (broad SMARTS) is 1. The van der Waals surface area contributed by atoms with E-state index in [0.717, 1.165) is 12.1 Å². The van der Waals surface area contributed by atoms with Crippen LogP contribution < -0.4 is 10.6 Å². The van der Waals surface area contributed by atoms with Crippen LogP contribution in [0.3, 0.4) is 0 Å². The summed E-state index contributed by atoms with van der Waals surface area (Å²) in [5.41, 5.74) is 0.895. The molecular weight excluding hydrogens is 268 g/mol. The van der Waals surface area contributed by atoms with Crippen molar-refractivity contribution in [2.24, 2.45) is 0 Å². The summed E-state index contributed by atoms with van der Waals surface area (Å²) in [4.78, 5) is 23.0. The van der Waals surface area contributed by atoms with E-state index >= 15 is 0 Å². The predicted octanol–water partition coefficient (Wildman–Crippen LogP) is 1.58. The van der Waals surface area contributed by atoms with E-state index < -0.39 is 12.0 Å². The van der Waals surface area contributed by atoms with Gasteiger partial charge in [0.2, 0.25) is 5.91 Å². The lowest BCUT2D eigenvalue weighted by molar-refractivity contribution is -0.141. The first-order valence-corrected chi connectivity index (χ1v) is 7.28. The van der Waals surface area contributed by atoms with Crippen LogP contribution in [0.4, 0.5) is 0 Å². The minimum atomic E-state index is -1.01. The minimum Gasteiger partial charge on any atom is -0.480 e. The van der Waals surface area contributed by atoms with Gasteiger partial charge in [-0.3, -0.25) is 4.79 Å². The highest BCUT2D eigenvalue weighted by Gasteiger charge is 2.19. The molecule has 0 aliphatic rings. The van der Waals surface area contributed by atoms with Crippen LogP contribution in [0, 0.1) is 0 Å². The Morgan fingerprint density at radius 3 is 2.43 bits per heavy atom. The molecule has 5 nitrogen and oxygen atoms in total. The van der Waals surface area contributed by atoms with E-state index in [1.54, 1.807) is 0 Å². The van der Waals surface area contributed by atoms with Crippen LogP contribution in [0.15, 0.2) is 30.3 Å². The zero-order valence-corrected chi connectivity index (χ0v) is 12.6. The van der Waals surface area contributed by atoms with Crippen LogP contribution in [-0.2, 0) is 16.0 Å². The Balaban J connectivity index is 2.40. The molecule has 0 radical (unpaired) electrons. The van der Waals surface area contributed by atoms with Crippen molar-refractivity contribution in [2.45, 2.75) is 45.2 Å². The maximum Gasteiger partial charge on any atom is 0.326 e. The maximum atomic E-state index is 11.8. The van der Waals surface area contributed by atoms with Crippen molar-refractivity contribution in [3.05, 3.63) is 35.9 Å². The van der Waals surface area contributed by atoms with Crippen molar-refractivity contribution in [3.8, 4) is 0 Å². The first kappa shape index (κ1) is 17.2. The van der Waals surface area contributed by atoms with Crippen molar-refractivity contribution < 1.29 is 14.7 Å². The molecule has 0 spiro atoms. The van der Waals surface area contributed by atoms with Crippen LogP contribution in [0.1, 0.15) is 32.3 Å². The number of amides is 1. The van der Waals surface area contributed by atoms with Crippen molar-refractivity contribution in [1.82, 2.24) is 10.6 Å². The SMILES string of the molecule is CC(C)NCCCC(=O)N[C@@H](Cc1ccccc1)C(=O)O. The smallest absolute Gasteiger partial charge is 0.326 e. The van der Waals surface area contributed by atoms with Gasteiger partial charge in [-0.25, -0.2) is 4.79 Å². The zero-order chi connectivity index (χ0) is 15.7. The van der Waals surface area contributed by atoms with Gasteiger partial charge < -0.3 is 15.7 Å². The molecule has 0 saturated heterocycles. The number of benzene rings is 1. The molecular formula is C16H24N2O3. The molecule has 1 atom stereocenters. The summed E-state index contributed by atoms with van der Waals surface area (Å²) in [7, 11) is 0. The largest absolute Gasteiger partial charge is 0.480 e. The van der Waals surface area contributed by atoms with Crippen LogP contribution >= 0.6 is 0 Å². The Bertz CT molecular complexity index is 446. The third-order valence-corrected chi connectivity index (χ3v) is 3.05. The summed E-state index contributed by atoms with van der Waals surface area (Å²) >= 11 is 0. The summed E-state index contributed by atoms with van der Waals surface area (Å²) in [6.07, 6.45) is 1.33. The van der Waals surface area contributed by atoms with Crippen molar-refractivity contribution in [1.29, 1.82) is 0 Å². The third-order valence-electron chi connectivity index (χ3n) is 3.05. The predicted molar refractivity (Wildman–Crippen MR) is 82.1 cm³/mol. The molecule has 1 aromatic rings. The first-order valence-electron chi connectivity index (χ1n) is 7.28. The van der Waals surface area contributed by atoms with Gasteiger partial charge in [-0.1, -0.05) is 44.2 Å². The molecule has 0 aliphatic heterocycles. The number of aliphatic carboxylic acids is 1. The van der Waals surface area contributed by atoms with E-state index in [9.17, 15) is 14.7 Å². The maximum absolute atomic E-state index is 11.8. The second-order valence-electron chi connectivity index (χ2n) is 5.36. The van der Waals surface area contributed by atoms with Crippen LogP contribution in [-0.4, -0.2) is 35.6 Å². The van der Waals surface area contributed by atoms with Crippen LogP contribution in [0.25, 0.3) is 0 Å². The normalized spacial score (nSPS) is 12.1. The van der Waals surface area contributed by atoms with E-state index in [1.807, 2.05) is 44.2 Å². The van der Waals surface area contributed by atoms with E-state index in [-0.39, 0.29) is 5.91 Å². The van der Waals surface area contributed by atoms with Crippen molar-refractivity contribution in [3.63, 3.8) is 0 Å². The van der Waals surface area contributed by atoms with Gasteiger partial charge in [0.1, 0.15) is 6.04 Å². The second-order valence-corrected chi connectivity index (χ2v) is 5.36. The first-order chi connectivity index (χ1) is 9.99. The molecule has 5 heteroatoms. The Morgan fingerprint density at radius 1 is 1.19 bits per heavy atom. The summed E-state index contributed by atoms with van der Waals surface area (Å²) in [5, 5.41) is 15.0. The molecule has 1 amide bonds. The van der Waals surface area contributed by atoms with Crippen LogP contribution in [0.5, 0.6) is 0 Å². The highest BCUT2D eigenvalue weighted by Crippen LogP contribution is 2.04. The number of carbonyl (C=O) groups is 2. The topological polar surface area (TPSA) is 78.4 Å². The number of carboxylic acids is 1. The van der Waals surface area contributed by atoms with Gasteiger partial charge in [-0.2, -0.15) is 0 Å². The van der Waals surface area contributed by atoms with Gasteiger partial charge >= 0.3 is 5.97 Å². The lowest BCUT2D eigenvalue weighted by Gasteiger charge is -2.15. The third kappa shape index (κ3) is 7.46. The molecule has 1 aromatic carbocycles. The molecule has 21 heavy (non-hydrogen) atoms. The molecule has 0 fully saturated rings. The van der Waals surface area contributed by atoms with E-state index in [4.69, 9.17) is 0 Å². The van der Waals surface area contributed by atoms with Gasteiger partial charge in [0.15, 0.2) is 0 Å². The molecule has 116 valence electrons. The number of hydrogen-bond acceptors (Lipinski definition) is 3. The molecule has 0 aromatic heterocycles. The molecule has 0 heterocycles. The molecule has 3 N–H and O–H groups in total. The average molecular weight is 292 g/mol. The fourth-order valence-corrected chi connectivity index (χ4v) is 1.96. The molecule has 1 rings (SSSR count). The fourth-order valence-electron chi connectivity index (χ4n) is 1.96. The standard InChI is InChI=1S/C16H24N2O3/c1-12(2)17-10-6-9-15(19)18-14(16(20)21)11-13-7-4-3-5-8-13/h3-5,7-8,12,14,17H,6,9-11H2,1-2H3,(H,18,19)(H,20,21)/t14-/m0/s1. The summed E-state index contributed by atoms with van der Waals surface area (Å²) in [5.74, 6) is -1.23. The van der Waals surface area contributed by atoms with E-state index in [1.165, 1.54) is 0 Å². The van der Waals surface area contributed by atoms with Crippen LogP contribution in [0.2, 0.25) is 0 Å². The summed E-state index contributed by atoms with van der Waals surface area (Å²) < 4.78 is 0. The fraction of sp³-hybridized carbons (Fsp3) is 0.500. The monoisotopic (exact) mass is 292 g/mol. The molecule has 0 unspecified atom stereocenters. The van der Waals surface area contributed by atoms with Gasteiger partial charge in [-0.15, -0.1) is 0 Å². The second kappa shape index (κ2) is 9.13. The van der Waals surface area contributed by atoms with Crippen molar-refractivity contribution >= 4 is 11.9 Å². The van der Waals surface area contributed by atoms with Crippen molar-refractivity contribution in [2.75, 3.05) is 6.54 Å². The van der Waals surface area contributed by atoms with Gasteiger partial charge in [-0.05, 0) is 18.5 Å². The van der Waals surface area contributed by atoms with Gasteiger partial charge in [0, 0.05) is 18.9 Å². The quantitative estimate of drug-likeness (QED) is 0.604. The number of rotatable bonds is 9. The Morgan fingerprint density at radius 2 is 1.86 bits per heavy atom. The Labute approximate surface area is 125 Å². The summed E-state index contributed by atoms with van der Waals surface area (Å²) in [6.45, 7) is 4.84. The number of carbonyl (C=O) groups excluding carboxylic acids is 1. The van der Waals surface area contributed by atoms with Gasteiger partial charge in [0.25, 0.3) is 0 Å². The number of nitrogens with one attached hydrogen (secondary N) is 2. The molecule has 0 saturated carbocycles. The highest BCUT2D eigenvalue weighted by molar-refractivity contribution is 5.83. The zero-order valence-electron chi connectivity index (χ0n) is 12.6. The molecule has 0 aliphatic carbocycles. The van der Waals surface area contributed by atoms with Gasteiger partial charge in [0.05, 0.1) is 0 Å². The Kier molecular flexibility index (Phi) is 7.46. The average Bonchev–Trinajstić information content (AvgIpc) is 2.44.